The molecule has 29 heavy (non-hydrogen) atoms. The molecule has 2 atom stereocenters. The molecule has 0 bridgehead atoms. The number of hydrogen-bond donors (Lipinski definition) is 2. The Hall–Kier alpha value is -2.22. The lowest BCUT2D eigenvalue weighted by atomic mass is 9.97. The zero-order chi connectivity index (χ0) is 20.5. The molecule has 3 heterocycles. The van der Waals surface area contributed by atoms with Gasteiger partial charge in [0.2, 0.25) is 0 Å². The lowest BCUT2D eigenvalue weighted by molar-refractivity contribution is 0.223. The minimum absolute atomic E-state index is 0.0393. The van der Waals surface area contributed by atoms with Gasteiger partial charge in [-0.1, -0.05) is 28.1 Å². The van der Waals surface area contributed by atoms with E-state index < -0.39 is 0 Å². The standard InChI is InChI=1S/C22H23BrN4OS/c1-14-12-18(15(2)27(14)17-7-5-6-16(23)13-17)21-20(19-8-3-4-9-24-19)25-22(29)26(21)10-11-28/h3-9,12-13,20-21,28H,10-11H2,1-2H3,(H,25,29). The Morgan fingerprint density at radius 1 is 1.17 bits per heavy atom. The number of thiocarbonyl (C=S) groups is 1. The van der Waals surface area contributed by atoms with Crippen LogP contribution in [0, 0.1) is 13.8 Å². The van der Waals surface area contributed by atoms with Crippen molar-refractivity contribution in [2.24, 2.45) is 0 Å². The molecule has 0 aliphatic carbocycles. The van der Waals surface area contributed by atoms with E-state index in [1.54, 1.807) is 6.20 Å². The minimum atomic E-state index is -0.0771. The Bertz CT molecular complexity index is 1040. The third-order valence-electron chi connectivity index (χ3n) is 5.39. The van der Waals surface area contributed by atoms with Crippen molar-refractivity contribution in [3.63, 3.8) is 0 Å². The molecule has 5 nitrogen and oxygen atoms in total. The zero-order valence-corrected chi connectivity index (χ0v) is 18.7. The SMILES string of the molecule is Cc1cc(C2C(c3ccccn3)NC(=S)N2CCO)c(C)n1-c1cccc(Br)c1. The van der Waals surface area contributed by atoms with Gasteiger partial charge in [-0.25, -0.2) is 0 Å². The molecule has 0 saturated carbocycles. The molecule has 150 valence electrons. The molecule has 4 rings (SSSR count). The fourth-order valence-corrected chi connectivity index (χ4v) is 4.91. The number of benzene rings is 1. The highest BCUT2D eigenvalue weighted by molar-refractivity contribution is 9.10. The van der Waals surface area contributed by atoms with Gasteiger partial charge in [-0.2, -0.15) is 0 Å². The highest BCUT2D eigenvalue weighted by atomic mass is 79.9. The van der Waals surface area contributed by atoms with E-state index in [0.717, 1.165) is 27.2 Å². The number of aliphatic hydroxyl groups excluding tert-OH is 1. The second-order valence-electron chi connectivity index (χ2n) is 7.19. The fraction of sp³-hybridized carbons (Fsp3) is 0.273. The van der Waals surface area contributed by atoms with Crippen LogP contribution in [0.25, 0.3) is 5.69 Å². The molecule has 2 N–H and O–H groups in total. The Balaban J connectivity index is 1.84. The van der Waals surface area contributed by atoms with Gasteiger partial charge in [0.15, 0.2) is 5.11 Å². The van der Waals surface area contributed by atoms with E-state index in [1.165, 1.54) is 5.56 Å². The lowest BCUT2D eigenvalue weighted by Crippen LogP contribution is -2.32. The normalized spacial score (nSPS) is 18.9. The maximum Gasteiger partial charge on any atom is 0.170 e. The van der Waals surface area contributed by atoms with Crippen LogP contribution in [0.5, 0.6) is 0 Å². The highest BCUT2D eigenvalue weighted by Gasteiger charge is 2.41. The number of β-amino-alcohol motifs (C(OH)–C–C–N with tert-alkyl or cyclic N) is 1. The predicted molar refractivity (Wildman–Crippen MR) is 122 cm³/mol. The van der Waals surface area contributed by atoms with Gasteiger partial charge >= 0.3 is 0 Å². The fourth-order valence-electron chi connectivity index (χ4n) is 4.19. The second kappa shape index (κ2) is 8.26. The number of halogens is 1. The third kappa shape index (κ3) is 3.70. The Morgan fingerprint density at radius 3 is 2.69 bits per heavy atom. The van der Waals surface area contributed by atoms with Crippen LogP contribution < -0.4 is 5.32 Å². The number of hydrogen-bond acceptors (Lipinski definition) is 3. The van der Waals surface area contributed by atoms with Gasteiger partial charge in [-0.3, -0.25) is 4.98 Å². The maximum atomic E-state index is 9.65. The van der Waals surface area contributed by atoms with E-state index >= 15 is 0 Å². The minimum Gasteiger partial charge on any atom is -0.395 e. The number of aliphatic hydroxyl groups is 1. The van der Waals surface area contributed by atoms with Crippen molar-refractivity contribution in [1.82, 2.24) is 19.8 Å². The second-order valence-corrected chi connectivity index (χ2v) is 8.49. The smallest absolute Gasteiger partial charge is 0.170 e. The number of nitrogens with one attached hydrogen (secondary N) is 1. The van der Waals surface area contributed by atoms with E-state index in [0.29, 0.717) is 11.7 Å². The molecule has 1 aliphatic heterocycles. The van der Waals surface area contributed by atoms with Crippen LogP contribution >= 0.6 is 28.1 Å². The molecular weight excluding hydrogens is 448 g/mol. The number of nitrogens with zero attached hydrogens (tertiary/aromatic N) is 3. The average Bonchev–Trinajstić information content (AvgIpc) is 3.18. The van der Waals surface area contributed by atoms with Crippen molar-refractivity contribution in [3.8, 4) is 5.69 Å². The molecule has 2 aromatic heterocycles. The first-order chi connectivity index (χ1) is 14.0. The van der Waals surface area contributed by atoms with Crippen LogP contribution in [0.1, 0.15) is 34.7 Å². The average molecular weight is 471 g/mol. The quantitative estimate of drug-likeness (QED) is 0.546. The van der Waals surface area contributed by atoms with Crippen LogP contribution in [0.2, 0.25) is 0 Å². The molecular formula is C22H23BrN4OS. The molecule has 1 aliphatic rings. The topological polar surface area (TPSA) is 53.3 Å². The summed E-state index contributed by atoms with van der Waals surface area (Å²) in [5.74, 6) is 0. The van der Waals surface area contributed by atoms with Crippen molar-refractivity contribution in [2.75, 3.05) is 13.2 Å². The molecule has 1 saturated heterocycles. The van der Waals surface area contributed by atoms with Gasteiger partial charge in [0, 0.05) is 34.3 Å². The first-order valence-corrected chi connectivity index (χ1v) is 10.7. The Morgan fingerprint density at radius 2 is 2.00 bits per heavy atom. The van der Waals surface area contributed by atoms with Gasteiger partial charge in [-0.15, -0.1) is 0 Å². The summed E-state index contributed by atoms with van der Waals surface area (Å²) in [5.41, 5.74) is 5.53. The lowest BCUT2D eigenvalue weighted by Gasteiger charge is -2.27. The number of rotatable bonds is 5. The first-order valence-electron chi connectivity index (χ1n) is 9.55. The van der Waals surface area contributed by atoms with E-state index in [1.807, 2.05) is 30.3 Å². The largest absolute Gasteiger partial charge is 0.395 e. The van der Waals surface area contributed by atoms with E-state index in [2.05, 4.69) is 67.7 Å². The van der Waals surface area contributed by atoms with Crippen LogP contribution in [-0.2, 0) is 0 Å². The van der Waals surface area contributed by atoms with Gasteiger partial charge in [0.1, 0.15) is 0 Å². The van der Waals surface area contributed by atoms with Gasteiger partial charge in [0.05, 0.1) is 24.4 Å². The van der Waals surface area contributed by atoms with Crippen molar-refractivity contribution in [1.29, 1.82) is 0 Å². The summed E-state index contributed by atoms with van der Waals surface area (Å²) in [7, 11) is 0. The van der Waals surface area contributed by atoms with Gasteiger partial charge < -0.3 is 19.9 Å². The van der Waals surface area contributed by atoms with Crippen LogP contribution in [0.15, 0.2) is 59.2 Å². The van der Waals surface area contributed by atoms with Crippen molar-refractivity contribution < 1.29 is 5.11 Å². The zero-order valence-electron chi connectivity index (χ0n) is 16.3. The number of aromatic nitrogens is 2. The number of pyridine rings is 1. The van der Waals surface area contributed by atoms with Crippen molar-refractivity contribution in [3.05, 3.63) is 81.8 Å². The molecule has 0 spiro atoms. The Labute approximate surface area is 184 Å². The summed E-state index contributed by atoms with van der Waals surface area (Å²) < 4.78 is 3.30. The van der Waals surface area contributed by atoms with Crippen LogP contribution in [0.3, 0.4) is 0 Å². The Kier molecular flexibility index (Phi) is 5.72. The molecule has 1 fully saturated rings. The molecule has 7 heteroatoms. The summed E-state index contributed by atoms with van der Waals surface area (Å²) in [6.45, 7) is 4.76. The monoisotopic (exact) mass is 470 g/mol. The summed E-state index contributed by atoms with van der Waals surface area (Å²) in [5, 5.41) is 13.7. The number of aryl methyl sites for hydroxylation is 1. The highest BCUT2D eigenvalue weighted by Crippen LogP contribution is 2.41. The molecule has 2 unspecified atom stereocenters. The predicted octanol–water partition coefficient (Wildman–Crippen LogP) is 4.22. The third-order valence-corrected chi connectivity index (χ3v) is 6.24. The summed E-state index contributed by atoms with van der Waals surface area (Å²) in [4.78, 5) is 6.64. The summed E-state index contributed by atoms with van der Waals surface area (Å²) in [6.07, 6.45) is 1.80. The van der Waals surface area contributed by atoms with Gasteiger partial charge in [0.25, 0.3) is 0 Å². The summed E-state index contributed by atoms with van der Waals surface area (Å²) in [6, 6.07) is 16.3. The summed E-state index contributed by atoms with van der Waals surface area (Å²) >= 11 is 9.19. The molecule has 0 amide bonds. The first kappa shape index (κ1) is 20.1. The van der Waals surface area contributed by atoms with E-state index in [4.69, 9.17) is 12.2 Å². The molecule has 0 radical (unpaired) electrons. The maximum absolute atomic E-state index is 9.65. The van der Waals surface area contributed by atoms with Gasteiger partial charge in [-0.05, 0) is 68.0 Å². The van der Waals surface area contributed by atoms with E-state index in [9.17, 15) is 5.11 Å². The molecule has 3 aromatic rings. The van der Waals surface area contributed by atoms with Crippen molar-refractivity contribution in [2.45, 2.75) is 25.9 Å². The van der Waals surface area contributed by atoms with Crippen LogP contribution in [0.4, 0.5) is 0 Å². The van der Waals surface area contributed by atoms with Crippen molar-refractivity contribution >= 4 is 33.3 Å². The van der Waals surface area contributed by atoms with Crippen LogP contribution in [-0.4, -0.2) is 37.8 Å². The molecule has 1 aromatic carbocycles. The van der Waals surface area contributed by atoms with E-state index in [-0.39, 0.29) is 18.7 Å².